The van der Waals surface area contributed by atoms with Gasteiger partial charge in [0.2, 0.25) is 0 Å². The first-order valence-electron chi connectivity index (χ1n) is 6.28. The van der Waals surface area contributed by atoms with Gasteiger partial charge in [-0.2, -0.15) is 0 Å². The van der Waals surface area contributed by atoms with Gasteiger partial charge in [-0.25, -0.2) is 0 Å². The molecule has 1 aromatic carbocycles. The number of rotatable bonds is 2. The summed E-state index contributed by atoms with van der Waals surface area (Å²) in [5.41, 5.74) is 1.57. The first-order valence-corrected chi connectivity index (χ1v) is 6.28. The fourth-order valence-corrected chi connectivity index (χ4v) is 2.40. The number of ether oxygens (including phenoxy) is 1. The van der Waals surface area contributed by atoms with Crippen molar-refractivity contribution in [3.63, 3.8) is 0 Å². The monoisotopic (exact) mass is 257 g/mol. The average Bonchev–Trinajstić information content (AvgIpc) is 2.44. The molecule has 98 valence electrons. The van der Waals surface area contributed by atoms with Crippen LogP contribution in [0.4, 0.5) is 0 Å². The molecule has 0 unspecified atom stereocenters. The Morgan fingerprint density at radius 2 is 2.16 bits per heavy atom. The lowest BCUT2D eigenvalue weighted by Crippen LogP contribution is -2.27. The Hall–Kier alpha value is -2.07. The second-order valence-electron chi connectivity index (χ2n) is 4.76. The fraction of sp³-hybridized carbons (Fsp3) is 0.267. The predicted octanol–water partition coefficient (Wildman–Crippen LogP) is 2.07. The van der Waals surface area contributed by atoms with Crippen molar-refractivity contribution in [2.24, 2.45) is 5.92 Å². The third kappa shape index (κ3) is 2.39. The predicted molar refractivity (Wildman–Crippen MR) is 70.0 cm³/mol. The van der Waals surface area contributed by atoms with E-state index in [2.05, 4.69) is 4.98 Å². The van der Waals surface area contributed by atoms with Crippen LogP contribution in [0.25, 0.3) is 0 Å². The van der Waals surface area contributed by atoms with E-state index in [1.54, 1.807) is 24.4 Å². The van der Waals surface area contributed by atoms with Gasteiger partial charge in [0.25, 0.3) is 0 Å². The number of pyridine rings is 1. The molecule has 0 aliphatic carbocycles. The van der Waals surface area contributed by atoms with Crippen LogP contribution >= 0.6 is 0 Å². The summed E-state index contributed by atoms with van der Waals surface area (Å²) in [6, 6.07) is 10.5. The number of aromatic hydroxyl groups is 1. The number of nitrogens with zero attached hydrogens (tertiary/aromatic N) is 1. The minimum Gasteiger partial charge on any atom is -0.508 e. The molecule has 0 amide bonds. The van der Waals surface area contributed by atoms with E-state index in [9.17, 15) is 10.2 Å². The molecule has 2 N–H and O–H groups in total. The van der Waals surface area contributed by atoms with E-state index in [4.69, 9.17) is 4.74 Å². The maximum Gasteiger partial charge on any atom is 0.125 e. The molecular formula is C15H15NO3. The van der Waals surface area contributed by atoms with Gasteiger partial charge in [-0.15, -0.1) is 0 Å². The first-order chi connectivity index (χ1) is 9.24. The van der Waals surface area contributed by atoms with Gasteiger partial charge in [-0.1, -0.05) is 6.07 Å². The van der Waals surface area contributed by atoms with Gasteiger partial charge in [-0.3, -0.25) is 4.98 Å². The summed E-state index contributed by atoms with van der Waals surface area (Å²) in [5.74, 6) is 0.728. The third-order valence-corrected chi connectivity index (χ3v) is 3.41. The average molecular weight is 257 g/mol. The summed E-state index contributed by atoms with van der Waals surface area (Å²) in [4.78, 5) is 4.26. The van der Waals surface area contributed by atoms with E-state index in [-0.39, 0.29) is 11.7 Å². The number of aromatic nitrogens is 1. The van der Waals surface area contributed by atoms with Gasteiger partial charge in [0.05, 0.1) is 12.7 Å². The van der Waals surface area contributed by atoms with E-state index in [1.807, 2.05) is 18.2 Å². The van der Waals surface area contributed by atoms with Crippen molar-refractivity contribution in [3.8, 4) is 11.5 Å². The van der Waals surface area contributed by atoms with E-state index in [1.165, 1.54) is 0 Å². The quantitative estimate of drug-likeness (QED) is 0.864. The van der Waals surface area contributed by atoms with Crippen molar-refractivity contribution >= 4 is 0 Å². The Kier molecular flexibility index (Phi) is 3.09. The normalized spacial score (nSPS) is 21.5. The zero-order valence-corrected chi connectivity index (χ0v) is 10.4. The van der Waals surface area contributed by atoms with Crippen LogP contribution in [0.15, 0.2) is 42.6 Å². The maximum absolute atomic E-state index is 10.4. The van der Waals surface area contributed by atoms with Crippen LogP contribution in [0.3, 0.4) is 0 Å². The second-order valence-corrected chi connectivity index (χ2v) is 4.76. The highest BCUT2D eigenvalue weighted by Crippen LogP contribution is 2.38. The standard InChI is InChI=1S/C15H15NO3/c17-12-4-5-14-13(8-12)15(18)10(9-19-14)7-11-3-1-2-6-16-11/h1-6,8,10,15,17-18H,7,9H2/t10-,15-/m1/s1. The zero-order valence-electron chi connectivity index (χ0n) is 10.4. The molecule has 2 atom stereocenters. The van der Waals surface area contributed by atoms with Gasteiger partial charge in [0, 0.05) is 23.4 Å². The molecule has 2 heterocycles. The van der Waals surface area contributed by atoms with E-state index in [0.29, 0.717) is 24.3 Å². The fourth-order valence-electron chi connectivity index (χ4n) is 2.40. The molecule has 1 aromatic heterocycles. The van der Waals surface area contributed by atoms with E-state index in [0.717, 1.165) is 5.69 Å². The highest BCUT2D eigenvalue weighted by molar-refractivity contribution is 5.42. The highest BCUT2D eigenvalue weighted by atomic mass is 16.5. The van der Waals surface area contributed by atoms with Crippen LogP contribution in [-0.4, -0.2) is 21.8 Å². The van der Waals surface area contributed by atoms with Crippen LogP contribution < -0.4 is 4.74 Å². The Bertz CT molecular complexity index is 571. The summed E-state index contributed by atoms with van der Waals surface area (Å²) in [6.45, 7) is 0.454. The summed E-state index contributed by atoms with van der Waals surface area (Å²) >= 11 is 0. The molecule has 0 saturated carbocycles. The lowest BCUT2D eigenvalue weighted by Gasteiger charge is -2.30. The number of aliphatic hydroxyl groups is 1. The van der Waals surface area contributed by atoms with Crippen LogP contribution in [-0.2, 0) is 6.42 Å². The Morgan fingerprint density at radius 3 is 2.95 bits per heavy atom. The Morgan fingerprint density at radius 1 is 1.26 bits per heavy atom. The molecule has 3 rings (SSSR count). The van der Waals surface area contributed by atoms with Gasteiger partial charge in [0.15, 0.2) is 0 Å². The van der Waals surface area contributed by atoms with Crippen molar-refractivity contribution in [1.29, 1.82) is 0 Å². The van der Waals surface area contributed by atoms with Gasteiger partial charge in [0.1, 0.15) is 11.5 Å². The van der Waals surface area contributed by atoms with Gasteiger partial charge >= 0.3 is 0 Å². The van der Waals surface area contributed by atoms with Gasteiger partial charge in [-0.05, 0) is 36.8 Å². The number of phenolic OH excluding ortho intramolecular Hbond substituents is 1. The molecule has 4 heteroatoms. The summed E-state index contributed by atoms with van der Waals surface area (Å²) in [6.07, 6.45) is 1.75. The molecule has 0 fully saturated rings. The van der Waals surface area contributed by atoms with Crippen LogP contribution in [0.2, 0.25) is 0 Å². The van der Waals surface area contributed by atoms with Crippen molar-refractivity contribution in [3.05, 3.63) is 53.9 Å². The molecule has 0 bridgehead atoms. The smallest absolute Gasteiger partial charge is 0.125 e. The molecule has 1 aliphatic heterocycles. The Balaban J connectivity index is 1.83. The molecule has 0 spiro atoms. The number of hydrogen-bond acceptors (Lipinski definition) is 4. The van der Waals surface area contributed by atoms with Gasteiger partial charge < -0.3 is 14.9 Å². The van der Waals surface area contributed by atoms with Crippen molar-refractivity contribution in [2.75, 3.05) is 6.61 Å². The van der Waals surface area contributed by atoms with Crippen molar-refractivity contribution in [2.45, 2.75) is 12.5 Å². The SMILES string of the molecule is Oc1ccc2c(c1)[C@H](O)[C@H](Cc1ccccn1)CO2. The molecule has 2 aromatic rings. The van der Waals surface area contributed by atoms with E-state index < -0.39 is 6.10 Å². The van der Waals surface area contributed by atoms with Crippen LogP contribution in [0.1, 0.15) is 17.4 Å². The summed E-state index contributed by atoms with van der Waals surface area (Å²) in [5, 5.41) is 19.9. The summed E-state index contributed by atoms with van der Waals surface area (Å²) in [7, 11) is 0. The third-order valence-electron chi connectivity index (χ3n) is 3.41. The van der Waals surface area contributed by atoms with Crippen molar-refractivity contribution < 1.29 is 14.9 Å². The van der Waals surface area contributed by atoms with Crippen LogP contribution in [0, 0.1) is 5.92 Å². The number of aliphatic hydroxyl groups excluding tert-OH is 1. The lowest BCUT2D eigenvalue weighted by molar-refractivity contribution is 0.0500. The topological polar surface area (TPSA) is 62.6 Å². The minimum absolute atomic E-state index is 0.0517. The maximum atomic E-state index is 10.4. The molecule has 0 saturated heterocycles. The van der Waals surface area contributed by atoms with E-state index >= 15 is 0 Å². The van der Waals surface area contributed by atoms with Crippen LogP contribution in [0.5, 0.6) is 11.5 Å². The zero-order chi connectivity index (χ0) is 13.2. The highest BCUT2D eigenvalue weighted by Gasteiger charge is 2.30. The largest absolute Gasteiger partial charge is 0.508 e. The number of phenols is 1. The lowest BCUT2D eigenvalue weighted by atomic mass is 9.89. The molecule has 4 nitrogen and oxygen atoms in total. The molecule has 1 aliphatic rings. The second kappa shape index (κ2) is 4.90. The number of fused-ring (bicyclic) bond motifs is 1. The molecule has 0 radical (unpaired) electrons. The Labute approximate surface area is 111 Å². The summed E-state index contributed by atoms with van der Waals surface area (Å²) < 4.78 is 5.63. The first kappa shape index (κ1) is 12.0. The minimum atomic E-state index is -0.641. The number of hydrogen-bond donors (Lipinski definition) is 2. The van der Waals surface area contributed by atoms with Crippen molar-refractivity contribution in [1.82, 2.24) is 4.98 Å². The molecule has 19 heavy (non-hydrogen) atoms. The number of benzene rings is 1. The molecular weight excluding hydrogens is 242 g/mol.